The Hall–Kier alpha value is -1.85. The molecule has 1 heterocycles. The van der Waals surface area contributed by atoms with Crippen molar-refractivity contribution in [3.8, 4) is 0 Å². The highest BCUT2D eigenvalue weighted by atomic mass is 16.2. The number of carbonyl (C=O) groups is 3. The topological polar surface area (TPSA) is 92.5 Å². The molecule has 2 fully saturated rings. The molecule has 0 spiro atoms. The molecular formula is C18H29N3O3. The molecule has 3 amide bonds. The van der Waals surface area contributed by atoms with Crippen LogP contribution < -0.4 is 11.1 Å². The molecule has 2 aliphatic rings. The second-order valence-electron chi connectivity index (χ2n) is 7.93. The van der Waals surface area contributed by atoms with Gasteiger partial charge in [0.2, 0.25) is 17.7 Å². The van der Waals surface area contributed by atoms with Gasteiger partial charge < -0.3 is 16.0 Å². The van der Waals surface area contributed by atoms with E-state index in [2.05, 4.69) is 25.7 Å². The van der Waals surface area contributed by atoms with Crippen LogP contribution in [0.4, 0.5) is 0 Å². The van der Waals surface area contributed by atoms with Crippen molar-refractivity contribution in [2.75, 3.05) is 13.1 Å². The second kappa shape index (κ2) is 6.95. The molecule has 6 nitrogen and oxygen atoms in total. The first-order valence-electron chi connectivity index (χ1n) is 8.72. The van der Waals surface area contributed by atoms with Crippen molar-refractivity contribution in [2.24, 2.45) is 17.1 Å². The average Bonchev–Trinajstić information content (AvgIpc) is 2.56. The van der Waals surface area contributed by atoms with Crippen LogP contribution in [-0.2, 0) is 14.4 Å². The van der Waals surface area contributed by atoms with Crippen LogP contribution in [0.1, 0.15) is 52.4 Å². The van der Waals surface area contributed by atoms with E-state index in [1.807, 2.05) is 0 Å². The number of hydrogen-bond acceptors (Lipinski definition) is 3. The molecule has 0 radical (unpaired) electrons. The number of primary amides is 1. The fourth-order valence-electron chi connectivity index (χ4n) is 3.64. The van der Waals surface area contributed by atoms with E-state index >= 15 is 0 Å². The highest BCUT2D eigenvalue weighted by Gasteiger charge is 2.45. The van der Waals surface area contributed by atoms with Gasteiger partial charge in [0.15, 0.2) is 0 Å². The number of nitrogens with two attached hydrogens (primary N) is 1. The lowest BCUT2D eigenvalue weighted by Crippen LogP contribution is -2.61. The lowest BCUT2D eigenvalue weighted by molar-refractivity contribution is -0.138. The van der Waals surface area contributed by atoms with E-state index in [-0.39, 0.29) is 23.1 Å². The highest BCUT2D eigenvalue weighted by Crippen LogP contribution is 2.40. The number of likely N-dealkylation sites (tertiary alicyclic amines) is 1. The minimum Gasteiger partial charge on any atom is -0.368 e. The molecule has 0 aromatic carbocycles. The summed E-state index contributed by atoms with van der Waals surface area (Å²) in [7, 11) is 0. The van der Waals surface area contributed by atoms with E-state index in [0.29, 0.717) is 32.4 Å². The van der Waals surface area contributed by atoms with E-state index in [0.717, 1.165) is 19.3 Å². The number of nitrogens with zero attached hydrogens (tertiary/aromatic N) is 1. The normalized spacial score (nSPS) is 25.6. The van der Waals surface area contributed by atoms with Gasteiger partial charge in [-0.15, -0.1) is 0 Å². The van der Waals surface area contributed by atoms with Crippen molar-refractivity contribution >= 4 is 17.7 Å². The van der Waals surface area contributed by atoms with E-state index in [4.69, 9.17) is 5.73 Å². The largest absolute Gasteiger partial charge is 0.368 e. The summed E-state index contributed by atoms with van der Waals surface area (Å²) < 4.78 is 0. The molecule has 6 heteroatoms. The van der Waals surface area contributed by atoms with Crippen LogP contribution in [0.3, 0.4) is 0 Å². The maximum atomic E-state index is 12.7. The van der Waals surface area contributed by atoms with Crippen LogP contribution in [0.25, 0.3) is 0 Å². The van der Waals surface area contributed by atoms with Crippen LogP contribution in [0.15, 0.2) is 12.7 Å². The predicted molar refractivity (Wildman–Crippen MR) is 91.8 cm³/mol. The Morgan fingerprint density at radius 1 is 1.21 bits per heavy atom. The molecular weight excluding hydrogens is 306 g/mol. The maximum Gasteiger partial charge on any atom is 0.245 e. The Labute approximate surface area is 143 Å². The van der Waals surface area contributed by atoms with Crippen molar-refractivity contribution < 1.29 is 14.4 Å². The van der Waals surface area contributed by atoms with E-state index in [9.17, 15) is 14.4 Å². The number of nitrogens with one attached hydrogen (secondary N) is 1. The van der Waals surface area contributed by atoms with Crippen LogP contribution in [0.5, 0.6) is 0 Å². The third-order valence-electron chi connectivity index (χ3n) is 5.57. The Bertz CT molecular complexity index is 532. The molecule has 0 aromatic rings. The molecule has 1 saturated carbocycles. The predicted octanol–water partition coefficient (Wildman–Crippen LogP) is 1.35. The number of piperidine rings is 1. The fraction of sp³-hybridized carbons (Fsp3) is 0.722. The van der Waals surface area contributed by atoms with Crippen molar-refractivity contribution in [1.29, 1.82) is 0 Å². The van der Waals surface area contributed by atoms with Crippen LogP contribution >= 0.6 is 0 Å². The first kappa shape index (κ1) is 18.5. The summed E-state index contributed by atoms with van der Waals surface area (Å²) >= 11 is 0. The standard InChI is InChI=1S/C18H29N3O3/c1-4-14(22)21-11-5-6-13(12-21)15(23)20-18(16(19)24)9-7-17(2,3)8-10-18/h4,13H,1,5-12H2,2-3H3,(H2,19,24)(H,20,23). The van der Waals surface area contributed by atoms with Gasteiger partial charge >= 0.3 is 0 Å². The lowest BCUT2D eigenvalue weighted by atomic mass is 9.69. The summed E-state index contributed by atoms with van der Waals surface area (Å²) in [6.07, 6.45) is 5.60. The first-order chi connectivity index (χ1) is 11.2. The van der Waals surface area contributed by atoms with Crippen molar-refractivity contribution in [1.82, 2.24) is 10.2 Å². The summed E-state index contributed by atoms with van der Waals surface area (Å²) in [6.45, 7) is 8.84. The molecule has 1 unspecified atom stereocenters. The zero-order valence-corrected chi connectivity index (χ0v) is 14.8. The van der Waals surface area contributed by atoms with Gasteiger partial charge in [-0.3, -0.25) is 14.4 Å². The van der Waals surface area contributed by atoms with E-state index in [1.165, 1.54) is 6.08 Å². The minimum atomic E-state index is -0.947. The zero-order chi connectivity index (χ0) is 18.0. The van der Waals surface area contributed by atoms with Crippen LogP contribution in [0.2, 0.25) is 0 Å². The summed E-state index contributed by atoms with van der Waals surface area (Å²) in [5, 5.41) is 2.94. The van der Waals surface area contributed by atoms with Gasteiger partial charge in [-0.25, -0.2) is 0 Å². The third-order valence-corrected chi connectivity index (χ3v) is 5.57. The van der Waals surface area contributed by atoms with Gasteiger partial charge in [0.25, 0.3) is 0 Å². The molecule has 1 aliphatic heterocycles. The Morgan fingerprint density at radius 3 is 2.38 bits per heavy atom. The smallest absolute Gasteiger partial charge is 0.245 e. The Morgan fingerprint density at radius 2 is 1.83 bits per heavy atom. The highest BCUT2D eigenvalue weighted by molar-refractivity contribution is 5.92. The number of amides is 3. The summed E-state index contributed by atoms with van der Waals surface area (Å²) in [6, 6.07) is 0. The first-order valence-corrected chi connectivity index (χ1v) is 8.72. The quantitative estimate of drug-likeness (QED) is 0.760. The second-order valence-corrected chi connectivity index (χ2v) is 7.93. The summed E-state index contributed by atoms with van der Waals surface area (Å²) in [5.74, 6) is -1.08. The average molecular weight is 335 g/mol. The summed E-state index contributed by atoms with van der Waals surface area (Å²) in [5.41, 5.74) is 4.86. The van der Waals surface area contributed by atoms with Gasteiger partial charge in [-0.1, -0.05) is 20.4 Å². The van der Waals surface area contributed by atoms with Gasteiger partial charge in [-0.05, 0) is 50.0 Å². The molecule has 134 valence electrons. The minimum absolute atomic E-state index is 0.156. The van der Waals surface area contributed by atoms with Gasteiger partial charge in [0.1, 0.15) is 5.54 Å². The zero-order valence-electron chi connectivity index (χ0n) is 14.8. The molecule has 1 saturated heterocycles. The molecule has 1 atom stereocenters. The van der Waals surface area contributed by atoms with Gasteiger partial charge in [0.05, 0.1) is 5.92 Å². The molecule has 3 N–H and O–H groups in total. The number of hydrogen-bond donors (Lipinski definition) is 2. The van der Waals surface area contributed by atoms with Crippen molar-refractivity contribution in [2.45, 2.75) is 57.9 Å². The van der Waals surface area contributed by atoms with E-state index < -0.39 is 11.4 Å². The SMILES string of the molecule is C=CC(=O)N1CCCC(C(=O)NC2(C(N)=O)CCC(C)(C)CC2)C1. The third kappa shape index (κ3) is 3.97. The van der Waals surface area contributed by atoms with Crippen molar-refractivity contribution in [3.05, 3.63) is 12.7 Å². The molecule has 0 bridgehead atoms. The molecule has 0 aromatic heterocycles. The van der Waals surface area contributed by atoms with Crippen LogP contribution in [-0.4, -0.2) is 41.2 Å². The van der Waals surface area contributed by atoms with Gasteiger partial charge in [0, 0.05) is 13.1 Å². The Balaban J connectivity index is 2.04. The molecule has 2 rings (SSSR count). The fourth-order valence-corrected chi connectivity index (χ4v) is 3.64. The molecule has 24 heavy (non-hydrogen) atoms. The number of carbonyl (C=O) groups excluding carboxylic acids is 3. The maximum absolute atomic E-state index is 12.7. The van der Waals surface area contributed by atoms with Crippen molar-refractivity contribution in [3.63, 3.8) is 0 Å². The van der Waals surface area contributed by atoms with Crippen LogP contribution in [0, 0.1) is 11.3 Å². The monoisotopic (exact) mass is 335 g/mol. The van der Waals surface area contributed by atoms with E-state index in [1.54, 1.807) is 4.90 Å². The Kier molecular flexibility index (Phi) is 5.35. The molecule has 1 aliphatic carbocycles. The summed E-state index contributed by atoms with van der Waals surface area (Å²) in [4.78, 5) is 38.2. The lowest BCUT2D eigenvalue weighted by Gasteiger charge is -2.43. The van der Waals surface area contributed by atoms with Gasteiger partial charge in [-0.2, -0.15) is 0 Å². The number of rotatable bonds is 4.